The zero-order valence-corrected chi connectivity index (χ0v) is 11.5. The number of carbonyl (C=O) groups is 2. The van der Waals surface area contributed by atoms with Gasteiger partial charge in [-0.25, -0.2) is 4.79 Å². The number of carboxylic acid groups (broad SMARTS) is 1. The average molecular weight is 282 g/mol. The number of benzene rings is 1. The van der Waals surface area contributed by atoms with Crippen molar-refractivity contribution in [1.82, 2.24) is 0 Å². The van der Waals surface area contributed by atoms with Crippen LogP contribution in [0.25, 0.3) is 0 Å². The maximum Gasteiger partial charge on any atom is 0.335 e. The monoisotopic (exact) mass is 282 g/mol. The second-order valence-electron chi connectivity index (χ2n) is 4.35. The number of fused-ring (bicyclic) bond motifs is 1. The molecule has 0 aromatic heterocycles. The van der Waals surface area contributed by atoms with Crippen LogP contribution in [0.4, 0.5) is 0 Å². The molecule has 4 heteroatoms. The van der Waals surface area contributed by atoms with Crippen molar-refractivity contribution < 1.29 is 19.4 Å². The van der Waals surface area contributed by atoms with E-state index in [2.05, 4.69) is 6.58 Å². The highest BCUT2D eigenvalue weighted by Crippen LogP contribution is 2.32. The van der Waals surface area contributed by atoms with Crippen molar-refractivity contribution >= 4 is 11.8 Å². The Morgan fingerprint density at radius 3 is 2.76 bits per heavy atom. The molecule has 1 aliphatic rings. The summed E-state index contributed by atoms with van der Waals surface area (Å²) in [7, 11) is 0. The molecule has 0 saturated heterocycles. The Balaban J connectivity index is 2.38. The first-order valence-electron chi connectivity index (χ1n) is 6.34. The molecule has 0 saturated carbocycles. The molecular formula is C17H14O4. The van der Waals surface area contributed by atoms with Crippen molar-refractivity contribution in [2.75, 3.05) is 0 Å². The summed E-state index contributed by atoms with van der Waals surface area (Å²) in [6.07, 6.45) is 8.66. The first kappa shape index (κ1) is 14.5. The fraction of sp³-hybridized carbons (Fsp3) is 0.0588. The van der Waals surface area contributed by atoms with Gasteiger partial charge in [-0.15, -0.1) is 0 Å². The van der Waals surface area contributed by atoms with Crippen molar-refractivity contribution in [2.45, 2.75) is 6.92 Å². The summed E-state index contributed by atoms with van der Waals surface area (Å²) < 4.78 is 5.47. The zero-order chi connectivity index (χ0) is 15.4. The maximum absolute atomic E-state index is 12.2. The summed E-state index contributed by atoms with van der Waals surface area (Å²) in [5.74, 6) is -0.891. The number of carboxylic acids is 1. The van der Waals surface area contributed by atoms with E-state index in [-0.39, 0.29) is 22.7 Å². The Kier molecular flexibility index (Phi) is 4.18. The van der Waals surface area contributed by atoms with E-state index in [9.17, 15) is 9.59 Å². The fourth-order valence-corrected chi connectivity index (χ4v) is 1.86. The number of hydrogen-bond acceptors (Lipinski definition) is 3. The number of carbonyl (C=O) groups excluding carboxylic acids is 1. The van der Waals surface area contributed by atoms with Crippen LogP contribution in [0.1, 0.15) is 27.6 Å². The zero-order valence-electron chi connectivity index (χ0n) is 11.5. The molecule has 0 bridgehead atoms. The van der Waals surface area contributed by atoms with Crippen molar-refractivity contribution in [3.8, 4) is 5.75 Å². The standard InChI is InChI=1S/C17H14O4/c1-3-5-6-11(4-2)9-15-16(18)13-10-12(17(19)20)7-8-14(13)21-15/h3-10H,2H2,1H3,(H,19,20)/b5-3-,11-6+,15-9-. The van der Waals surface area contributed by atoms with E-state index in [1.807, 2.05) is 19.1 Å². The van der Waals surface area contributed by atoms with E-state index in [0.29, 0.717) is 5.75 Å². The minimum atomic E-state index is -1.08. The number of aromatic carboxylic acids is 1. The SMILES string of the molecule is C=CC(/C=C1\Oc2ccc(C(=O)O)cc2C1=O)=C\C=C/C. The highest BCUT2D eigenvalue weighted by molar-refractivity contribution is 6.13. The van der Waals surface area contributed by atoms with Crippen molar-refractivity contribution in [3.63, 3.8) is 0 Å². The molecule has 2 rings (SSSR count). The number of hydrogen-bond donors (Lipinski definition) is 1. The molecule has 4 nitrogen and oxygen atoms in total. The van der Waals surface area contributed by atoms with Gasteiger partial charge in [0.15, 0.2) is 5.76 Å². The molecule has 0 amide bonds. The van der Waals surface area contributed by atoms with E-state index in [0.717, 1.165) is 5.57 Å². The summed E-state index contributed by atoms with van der Waals surface area (Å²) in [5.41, 5.74) is 1.04. The lowest BCUT2D eigenvalue weighted by molar-refractivity contribution is 0.0697. The summed E-state index contributed by atoms with van der Waals surface area (Å²) in [5, 5.41) is 8.95. The van der Waals surface area contributed by atoms with Crippen molar-refractivity contribution in [3.05, 3.63) is 77.6 Å². The van der Waals surface area contributed by atoms with Crippen LogP contribution in [0.2, 0.25) is 0 Å². The van der Waals surface area contributed by atoms with Crippen molar-refractivity contribution in [2.24, 2.45) is 0 Å². The van der Waals surface area contributed by atoms with Crippen LogP contribution in [-0.4, -0.2) is 16.9 Å². The molecule has 0 spiro atoms. The third kappa shape index (κ3) is 3.00. The van der Waals surface area contributed by atoms with E-state index in [4.69, 9.17) is 9.84 Å². The maximum atomic E-state index is 12.2. The Bertz CT molecular complexity index is 706. The van der Waals surface area contributed by atoms with Gasteiger partial charge < -0.3 is 9.84 Å². The van der Waals surface area contributed by atoms with Crippen LogP contribution in [-0.2, 0) is 0 Å². The molecule has 0 fully saturated rings. The van der Waals surface area contributed by atoms with E-state index in [1.165, 1.54) is 18.2 Å². The topological polar surface area (TPSA) is 63.6 Å². The Hall–Kier alpha value is -2.88. The highest BCUT2D eigenvalue weighted by Gasteiger charge is 2.28. The van der Waals surface area contributed by atoms with Crippen LogP contribution >= 0.6 is 0 Å². The lowest BCUT2D eigenvalue weighted by Crippen LogP contribution is -2.00. The van der Waals surface area contributed by atoms with Gasteiger partial charge in [0.25, 0.3) is 0 Å². The average Bonchev–Trinajstić information content (AvgIpc) is 2.79. The molecule has 0 unspecified atom stereocenters. The highest BCUT2D eigenvalue weighted by atomic mass is 16.5. The molecule has 1 aliphatic heterocycles. The van der Waals surface area contributed by atoms with Gasteiger partial charge in [0.05, 0.1) is 11.1 Å². The third-order valence-corrected chi connectivity index (χ3v) is 2.93. The third-order valence-electron chi connectivity index (χ3n) is 2.93. The lowest BCUT2D eigenvalue weighted by Gasteiger charge is -1.98. The normalized spacial score (nSPS) is 16.1. The van der Waals surface area contributed by atoms with Gasteiger partial charge >= 0.3 is 5.97 Å². The molecule has 1 aromatic carbocycles. The molecule has 106 valence electrons. The summed E-state index contributed by atoms with van der Waals surface area (Å²) >= 11 is 0. The Labute approximate surface area is 122 Å². The first-order chi connectivity index (χ1) is 10.1. The summed E-state index contributed by atoms with van der Waals surface area (Å²) in [4.78, 5) is 23.2. The number of ketones is 1. The number of allylic oxidation sites excluding steroid dienone is 7. The minimum absolute atomic E-state index is 0.0559. The van der Waals surface area contributed by atoms with Gasteiger partial charge in [-0.1, -0.05) is 30.9 Å². The van der Waals surface area contributed by atoms with Gasteiger partial charge in [-0.2, -0.15) is 0 Å². The van der Waals surface area contributed by atoms with Gasteiger partial charge in [-0.3, -0.25) is 4.79 Å². The molecule has 21 heavy (non-hydrogen) atoms. The molecule has 1 N–H and O–H groups in total. The Morgan fingerprint density at radius 2 is 2.14 bits per heavy atom. The summed E-state index contributed by atoms with van der Waals surface area (Å²) in [6, 6.07) is 4.21. The molecule has 1 aromatic rings. The minimum Gasteiger partial charge on any atom is -0.478 e. The van der Waals surface area contributed by atoms with Crippen LogP contribution in [0.15, 0.2) is 66.5 Å². The number of ether oxygens (including phenoxy) is 1. The van der Waals surface area contributed by atoms with Gasteiger partial charge in [0, 0.05) is 0 Å². The Morgan fingerprint density at radius 1 is 1.38 bits per heavy atom. The number of rotatable bonds is 4. The first-order valence-corrected chi connectivity index (χ1v) is 6.34. The molecule has 0 radical (unpaired) electrons. The second kappa shape index (κ2) is 6.05. The predicted molar refractivity (Wildman–Crippen MR) is 79.5 cm³/mol. The van der Waals surface area contributed by atoms with E-state index in [1.54, 1.807) is 18.2 Å². The molecule has 0 aliphatic carbocycles. The van der Waals surface area contributed by atoms with Crippen LogP contribution in [0, 0.1) is 0 Å². The fourth-order valence-electron chi connectivity index (χ4n) is 1.86. The van der Waals surface area contributed by atoms with E-state index < -0.39 is 5.97 Å². The largest absolute Gasteiger partial charge is 0.478 e. The van der Waals surface area contributed by atoms with Crippen LogP contribution < -0.4 is 4.74 Å². The quantitative estimate of drug-likeness (QED) is 0.677. The van der Waals surface area contributed by atoms with Crippen LogP contribution in [0.5, 0.6) is 5.75 Å². The summed E-state index contributed by atoms with van der Waals surface area (Å²) in [6.45, 7) is 5.56. The van der Waals surface area contributed by atoms with E-state index >= 15 is 0 Å². The van der Waals surface area contributed by atoms with Crippen molar-refractivity contribution in [1.29, 1.82) is 0 Å². The molecule has 1 heterocycles. The van der Waals surface area contributed by atoms with Gasteiger partial charge in [0.1, 0.15) is 5.75 Å². The number of Topliss-reactive ketones (excluding diaryl/α,β-unsaturated/α-hetero) is 1. The van der Waals surface area contributed by atoms with Crippen LogP contribution in [0.3, 0.4) is 0 Å². The lowest BCUT2D eigenvalue weighted by atomic mass is 10.1. The molecule has 0 atom stereocenters. The van der Waals surface area contributed by atoms with Gasteiger partial charge in [-0.05, 0) is 36.8 Å². The molecular weight excluding hydrogens is 268 g/mol. The predicted octanol–water partition coefficient (Wildman–Crippen LogP) is 3.53. The van der Waals surface area contributed by atoms with Gasteiger partial charge in [0.2, 0.25) is 5.78 Å². The smallest absolute Gasteiger partial charge is 0.335 e. The second-order valence-corrected chi connectivity index (χ2v) is 4.35.